The zero-order valence-electron chi connectivity index (χ0n) is 15.4. The van der Waals surface area contributed by atoms with Gasteiger partial charge in [-0.2, -0.15) is 5.10 Å². The number of amides is 1. The first-order valence-corrected chi connectivity index (χ1v) is 9.81. The van der Waals surface area contributed by atoms with Crippen molar-refractivity contribution in [1.29, 1.82) is 0 Å². The minimum Gasteiger partial charge on any atom is -0.399 e. The van der Waals surface area contributed by atoms with Crippen molar-refractivity contribution in [3.8, 4) is 0 Å². The predicted molar refractivity (Wildman–Crippen MR) is 117 cm³/mol. The Morgan fingerprint density at radius 3 is 2.89 bits per heavy atom. The smallest absolute Gasteiger partial charge is 0.229 e. The lowest BCUT2D eigenvalue weighted by Gasteiger charge is -2.08. The summed E-state index contributed by atoms with van der Waals surface area (Å²) in [4.78, 5) is 13.4. The second kappa shape index (κ2) is 7.70. The summed E-state index contributed by atoms with van der Waals surface area (Å²) >= 11 is 1.58. The van der Waals surface area contributed by atoms with Gasteiger partial charge in [-0.15, -0.1) is 11.3 Å². The Balaban J connectivity index is 1.59. The molecule has 5 nitrogen and oxygen atoms in total. The quantitative estimate of drug-likeness (QED) is 0.427. The number of nitrogen functional groups attached to an aromatic ring is 1. The van der Waals surface area contributed by atoms with Gasteiger partial charge in [-0.25, -0.2) is 0 Å². The second-order valence-corrected chi connectivity index (χ2v) is 7.66. The fraction of sp³-hybridized carbons (Fsp3) is 0.0909. The van der Waals surface area contributed by atoms with Crippen LogP contribution < -0.4 is 11.1 Å². The number of thiophene rings is 1. The summed E-state index contributed by atoms with van der Waals surface area (Å²) in [6.07, 6.45) is 4.30. The van der Waals surface area contributed by atoms with Crippen LogP contribution in [0.3, 0.4) is 0 Å². The van der Waals surface area contributed by atoms with Gasteiger partial charge >= 0.3 is 0 Å². The van der Waals surface area contributed by atoms with E-state index in [1.807, 2.05) is 73.0 Å². The SMILES string of the molecule is Cc1cc2[nH]nc(C=Cc3cccc(N)c3)c2cc1NC(=O)Cc1cccs1. The first-order valence-electron chi connectivity index (χ1n) is 8.93. The van der Waals surface area contributed by atoms with Crippen LogP contribution in [0.2, 0.25) is 0 Å². The minimum atomic E-state index is -0.0229. The lowest BCUT2D eigenvalue weighted by atomic mass is 10.1. The Labute approximate surface area is 166 Å². The average Bonchev–Trinajstić information content (AvgIpc) is 3.30. The van der Waals surface area contributed by atoms with Crippen molar-refractivity contribution in [3.05, 3.63) is 75.6 Å². The van der Waals surface area contributed by atoms with Gasteiger partial charge in [-0.3, -0.25) is 9.89 Å². The maximum atomic E-state index is 12.4. The number of aromatic nitrogens is 2. The van der Waals surface area contributed by atoms with Crippen LogP contribution in [0.1, 0.15) is 21.7 Å². The fourth-order valence-electron chi connectivity index (χ4n) is 3.06. The van der Waals surface area contributed by atoms with Crippen molar-refractivity contribution in [3.63, 3.8) is 0 Å². The first-order chi connectivity index (χ1) is 13.6. The number of nitrogens with zero attached hydrogens (tertiary/aromatic N) is 1. The Morgan fingerprint density at radius 2 is 2.11 bits per heavy atom. The zero-order chi connectivity index (χ0) is 19.5. The topological polar surface area (TPSA) is 83.8 Å². The minimum absolute atomic E-state index is 0.0229. The highest BCUT2D eigenvalue weighted by atomic mass is 32.1. The van der Waals surface area contributed by atoms with Crippen LogP contribution in [0.5, 0.6) is 0 Å². The van der Waals surface area contributed by atoms with E-state index in [1.54, 1.807) is 11.3 Å². The molecule has 0 aliphatic carbocycles. The molecule has 4 N–H and O–H groups in total. The van der Waals surface area contributed by atoms with E-state index in [-0.39, 0.29) is 5.91 Å². The Hall–Kier alpha value is -3.38. The van der Waals surface area contributed by atoms with Crippen molar-refractivity contribution >= 4 is 51.7 Å². The molecule has 4 aromatic rings. The number of hydrogen-bond acceptors (Lipinski definition) is 4. The van der Waals surface area contributed by atoms with Gasteiger partial charge in [0.05, 0.1) is 17.6 Å². The van der Waals surface area contributed by atoms with Gasteiger partial charge in [0.1, 0.15) is 0 Å². The normalized spacial score (nSPS) is 11.3. The Morgan fingerprint density at radius 1 is 1.21 bits per heavy atom. The molecule has 2 aromatic carbocycles. The van der Waals surface area contributed by atoms with Gasteiger partial charge in [-0.1, -0.05) is 24.3 Å². The molecule has 0 aliphatic heterocycles. The molecular formula is C22H20N4OS. The molecule has 4 rings (SSSR count). The summed E-state index contributed by atoms with van der Waals surface area (Å²) in [5, 5.41) is 13.4. The van der Waals surface area contributed by atoms with Crippen LogP contribution in [0.15, 0.2) is 53.9 Å². The van der Waals surface area contributed by atoms with Gasteiger partial charge in [0, 0.05) is 21.6 Å². The number of rotatable bonds is 5. The van der Waals surface area contributed by atoms with E-state index < -0.39 is 0 Å². The fourth-order valence-corrected chi connectivity index (χ4v) is 3.76. The van der Waals surface area contributed by atoms with Crippen molar-refractivity contribution in [2.45, 2.75) is 13.3 Å². The summed E-state index contributed by atoms with van der Waals surface area (Å²) in [7, 11) is 0. The Bertz CT molecular complexity index is 1160. The number of carbonyl (C=O) groups is 1. The van der Waals surface area contributed by atoms with Crippen LogP contribution in [0, 0.1) is 6.92 Å². The van der Waals surface area contributed by atoms with Crippen LogP contribution in [-0.4, -0.2) is 16.1 Å². The Kier molecular flexibility index (Phi) is 4.95. The lowest BCUT2D eigenvalue weighted by molar-refractivity contribution is -0.115. The molecule has 0 unspecified atom stereocenters. The molecule has 28 heavy (non-hydrogen) atoms. The summed E-state index contributed by atoms with van der Waals surface area (Å²) in [5.74, 6) is -0.0229. The molecule has 0 bridgehead atoms. The number of aromatic amines is 1. The maximum Gasteiger partial charge on any atom is 0.229 e. The molecule has 0 saturated heterocycles. The number of hydrogen-bond donors (Lipinski definition) is 3. The molecule has 0 radical (unpaired) electrons. The number of aryl methyl sites for hydroxylation is 1. The highest BCUT2D eigenvalue weighted by molar-refractivity contribution is 7.10. The molecule has 1 amide bonds. The van der Waals surface area contributed by atoms with Crippen LogP contribution in [0.4, 0.5) is 11.4 Å². The summed E-state index contributed by atoms with van der Waals surface area (Å²) in [6, 6.07) is 15.6. The summed E-state index contributed by atoms with van der Waals surface area (Å²) in [6.45, 7) is 1.98. The van der Waals surface area contributed by atoms with E-state index in [0.717, 1.165) is 44.0 Å². The lowest BCUT2D eigenvalue weighted by Crippen LogP contribution is -2.14. The van der Waals surface area contributed by atoms with Crippen LogP contribution in [0.25, 0.3) is 23.1 Å². The summed E-state index contributed by atoms with van der Waals surface area (Å²) in [5.41, 5.74) is 11.1. The number of benzene rings is 2. The van der Waals surface area contributed by atoms with E-state index >= 15 is 0 Å². The number of fused-ring (bicyclic) bond motifs is 1. The van der Waals surface area contributed by atoms with Crippen molar-refractivity contribution < 1.29 is 4.79 Å². The third-order valence-corrected chi connectivity index (χ3v) is 5.35. The molecule has 0 atom stereocenters. The van der Waals surface area contributed by atoms with E-state index in [1.165, 1.54) is 0 Å². The predicted octanol–water partition coefficient (Wildman–Crippen LogP) is 4.87. The summed E-state index contributed by atoms with van der Waals surface area (Å²) < 4.78 is 0. The van der Waals surface area contributed by atoms with Gasteiger partial charge in [-0.05, 0) is 59.8 Å². The van der Waals surface area contributed by atoms with E-state index in [0.29, 0.717) is 6.42 Å². The number of carbonyl (C=O) groups excluding carboxylic acids is 1. The van der Waals surface area contributed by atoms with Crippen LogP contribution >= 0.6 is 11.3 Å². The van der Waals surface area contributed by atoms with Crippen molar-refractivity contribution in [2.75, 3.05) is 11.1 Å². The number of H-pyrrole nitrogens is 1. The van der Waals surface area contributed by atoms with Crippen LogP contribution in [-0.2, 0) is 11.2 Å². The molecule has 0 aliphatic rings. The molecule has 0 spiro atoms. The molecule has 2 heterocycles. The van der Waals surface area contributed by atoms with Crippen molar-refractivity contribution in [1.82, 2.24) is 10.2 Å². The van der Waals surface area contributed by atoms with Gasteiger partial charge < -0.3 is 11.1 Å². The standard InChI is InChI=1S/C22H20N4OS/c1-14-10-21-18(13-20(14)24-22(27)12-17-6-3-9-28-17)19(25-26-21)8-7-15-4-2-5-16(23)11-15/h2-11,13H,12,23H2,1H3,(H,24,27)(H,25,26). The third kappa shape index (κ3) is 3.97. The maximum absolute atomic E-state index is 12.4. The van der Waals surface area contributed by atoms with Gasteiger partial charge in [0.2, 0.25) is 5.91 Å². The first kappa shape index (κ1) is 18.0. The van der Waals surface area contributed by atoms with Gasteiger partial charge in [0.15, 0.2) is 0 Å². The number of anilines is 2. The largest absolute Gasteiger partial charge is 0.399 e. The number of nitrogens with two attached hydrogens (primary N) is 1. The zero-order valence-corrected chi connectivity index (χ0v) is 16.2. The third-order valence-electron chi connectivity index (χ3n) is 4.47. The molecular weight excluding hydrogens is 368 g/mol. The van der Waals surface area contributed by atoms with Gasteiger partial charge in [0.25, 0.3) is 0 Å². The van der Waals surface area contributed by atoms with E-state index in [2.05, 4.69) is 15.5 Å². The second-order valence-electron chi connectivity index (χ2n) is 6.63. The molecule has 140 valence electrons. The molecule has 0 fully saturated rings. The van der Waals surface area contributed by atoms with E-state index in [9.17, 15) is 4.79 Å². The highest BCUT2D eigenvalue weighted by Crippen LogP contribution is 2.26. The number of nitrogens with one attached hydrogen (secondary N) is 2. The molecule has 0 saturated carbocycles. The monoisotopic (exact) mass is 388 g/mol. The van der Waals surface area contributed by atoms with Crippen molar-refractivity contribution in [2.24, 2.45) is 0 Å². The van der Waals surface area contributed by atoms with E-state index in [4.69, 9.17) is 5.73 Å². The average molecular weight is 388 g/mol. The highest BCUT2D eigenvalue weighted by Gasteiger charge is 2.11. The molecule has 2 aromatic heterocycles. The molecule has 6 heteroatoms.